The summed E-state index contributed by atoms with van der Waals surface area (Å²) in [5, 5.41) is 9.78. The van der Waals surface area contributed by atoms with Crippen molar-refractivity contribution in [3.05, 3.63) is 158 Å². The van der Waals surface area contributed by atoms with Crippen molar-refractivity contribution in [1.82, 2.24) is 0 Å². The number of carboxylic acid groups (broad SMARTS) is 1. The van der Waals surface area contributed by atoms with Crippen molar-refractivity contribution in [3.63, 3.8) is 0 Å². The van der Waals surface area contributed by atoms with Crippen molar-refractivity contribution in [2.75, 3.05) is 47.5 Å². The van der Waals surface area contributed by atoms with Gasteiger partial charge in [-0.2, -0.15) is 0 Å². The van der Waals surface area contributed by atoms with Crippen LogP contribution in [0.25, 0.3) is 0 Å². The van der Waals surface area contributed by atoms with Crippen molar-refractivity contribution in [3.8, 4) is 0 Å². The van der Waals surface area contributed by atoms with Crippen LogP contribution in [0.2, 0.25) is 0 Å². The molecule has 0 saturated heterocycles. The van der Waals surface area contributed by atoms with Crippen LogP contribution in [-0.2, 0) is 33.3 Å². The van der Waals surface area contributed by atoms with Crippen molar-refractivity contribution < 1.29 is 42.9 Å². The van der Waals surface area contributed by atoms with E-state index in [9.17, 15) is 19.5 Å². The Labute approximate surface area is 623 Å². The lowest BCUT2D eigenvalue weighted by molar-refractivity contribution is -0.870. The van der Waals surface area contributed by atoms with Gasteiger partial charge >= 0.3 is 17.9 Å². The van der Waals surface area contributed by atoms with E-state index in [2.05, 4.69) is 172 Å². The normalized spacial score (nSPS) is 13.5. The fourth-order valence-electron chi connectivity index (χ4n) is 11.5. The summed E-state index contributed by atoms with van der Waals surface area (Å²) in [6.45, 7) is 4.73. The first-order valence-corrected chi connectivity index (χ1v) is 41.6. The van der Waals surface area contributed by atoms with E-state index in [1.54, 1.807) is 0 Å². The molecule has 0 amide bonds. The quantitative estimate of drug-likeness (QED) is 0.0211. The molecule has 0 aliphatic rings. The number of aliphatic carboxylic acids is 1. The minimum absolute atomic E-state index is 0.174. The first-order chi connectivity index (χ1) is 49.6. The summed E-state index contributed by atoms with van der Waals surface area (Å²) in [4.78, 5) is 37.7. The van der Waals surface area contributed by atoms with Gasteiger partial charge in [0.15, 0.2) is 6.10 Å². The summed E-state index contributed by atoms with van der Waals surface area (Å²) < 4.78 is 23.0. The molecule has 0 aromatic heterocycles. The van der Waals surface area contributed by atoms with E-state index in [0.29, 0.717) is 23.9 Å². The number of carbonyl (C=O) groups excluding carboxylic acids is 2. The zero-order valence-corrected chi connectivity index (χ0v) is 66.0. The monoisotopic (exact) mass is 1400 g/mol. The van der Waals surface area contributed by atoms with Crippen LogP contribution in [0, 0.1) is 0 Å². The van der Waals surface area contributed by atoms with Gasteiger partial charge in [-0.05, 0) is 128 Å². The molecule has 2 unspecified atom stereocenters. The third-order valence-corrected chi connectivity index (χ3v) is 17.8. The molecule has 576 valence electrons. The van der Waals surface area contributed by atoms with Crippen LogP contribution < -0.4 is 0 Å². The van der Waals surface area contributed by atoms with Gasteiger partial charge in [0.2, 0.25) is 0 Å². The van der Waals surface area contributed by atoms with Gasteiger partial charge in [-0.25, -0.2) is 4.79 Å². The van der Waals surface area contributed by atoms with Gasteiger partial charge < -0.3 is 28.5 Å². The van der Waals surface area contributed by atoms with E-state index in [0.717, 1.165) is 116 Å². The van der Waals surface area contributed by atoms with Crippen LogP contribution in [0.15, 0.2) is 158 Å². The number of allylic oxidation sites excluding steroid dienone is 26. The zero-order chi connectivity index (χ0) is 73.2. The Morgan fingerprint density at radius 2 is 0.564 bits per heavy atom. The molecule has 0 aromatic carbocycles. The first kappa shape index (κ1) is 95.9. The number of quaternary nitrogens is 1. The number of rotatable bonds is 76. The third-order valence-electron chi connectivity index (χ3n) is 17.8. The molecule has 9 nitrogen and oxygen atoms in total. The van der Waals surface area contributed by atoms with Crippen LogP contribution in [0.3, 0.4) is 0 Å². The highest BCUT2D eigenvalue weighted by Crippen LogP contribution is 2.18. The number of carboxylic acids is 1. The van der Waals surface area contributed by atoms with E-state index in [4.69, 9.17) is 18.9 Å². The average Bonchev–Trinajstić information content (AvgIpc) is 1.25. The van der Waals surface area contributed by atoms with Gasteiger partial charge in [0.25, 0.3) is 6.29 Å². The van der Waals surface area contributed by atoms with E-state index in [1.807, 2.05) is 21.1 Å². The largest absolute Gasteiger partial charge is 0.477 e. The first-order valence-electron chi connectivity index (χ1n) is 41.6. The van der Waals surface area contributed by atoms with Crippen LogP contribution in [0.1, 0.15) is 348 Å². The Morgan fingerprint density at radius 3 is 0.851 bits per heavy atom. The van der Waals surface area contributed by atoms with Crippen molar-refractivity contribution >= 4 is 17.9 Å². The Bertz CT molecular complexity index is 2230. The van der Waals surface area contributed by atoms with Crippen LogP contribution >= 0.6 is 0 Å². The second kappa shape index (κ2) is 80.6. The third kappa shape index (κ3) is 82.1. The number of ether oxygens (including phenoxy) is 4. The molecular weight excluding hydrogens is 1250 g/mol. The van der Waals surface area contributed by atoms with Crippen LogP contribution in [-0.4, -0.2) is 87.4 Å². The molecule has 0 spiro atoms. The SMILES string of the molecule is CC/C=C\C/C=C\C/C=C\C/C=C\C/C=C\C/C=C\C/C=C\C/C=C\C/C=C\C/C=C\C/C=C\CCCCCC(=O)OC(COC(=O)CCCCCCCCCCCCCCCCCCCCCCCCCCCCC/C=C\C/C=C\CCCCCCC)COC(OCC[N+](C)(C)C)C(=O)O. The maximum absolute atomic E-state index is 13.0. The topological polar surface area (TPSA) is 108 Å². The molecule has 0 aromatic rings. The number of carbonyl (C=O) groups is 3. The van der Waals surface area contributed by atoms with E-state index >= 15 is 0 Å². The number of hydrogen-bond donors (Lipinski definition) is 1. The van der Waals surface area contributed by atoms with E-state index in [1.165, 1.54) is 199 Å². The molecule has 0 saturated carbocycles. The summed E-state index contributed by atoms with van der Waals surface area (Å²) in [7, 11) is 5.97. The van der Waals surface area contributed by atoms with Gasteiger partial charge in [0.05, 0.1) is 34.4 Å². The summed E-state index contributed by atoms with van der Waals surface area (Å²) in [5.74, 6) is -2.05. The number of nitrogens with zero attached hydrogens (tertiary/aromatic N) is 1. The summed E-state index contributed by atoms with van der Waals surface area (Å²) >= 11 is 0. The highest BCUT2D eigenvalue weighted by atomic mass is 16.7. The zero-order valence-electron chi connectivity index (χ0n) is 66.0. The molecule has 0 rings (SSSR count). The maximum Gasteiger partial charge on any atom is 0.361 e. The van der Waals surface area contributed by atoms with E-state index in [-0.39, 0.29) is 32.2 Å². The number of likely N-dealkylation sites (N-methyl/N-ethyl adjacent to an activating group) is 1. The maximum atomic E-state index is 13.0. The molecule has 0 fully saturated rings. The van der Waals surface area contributed by atoms with E-state index < -0.39 is 24.3 Å². The lowest BCUT2D eigenvalue weighted by Crippen LogP contribution is -2.40. The van der Waals surface area contributed by atoms with Crippen molar-refractivity contribution in [2.24, 2.45) is 0 Å². The van der Waals surface area contributed by atoms with Crippen molar-refractivity contribution in [2.45, 2.75) is 360 Å². The number of hydrogen-bond acceptors (Lipinski definition) is 7. The van der Waals surface area contributed by atoms with Crippen molar-refractivity contribution in [1.29, 1.82) is 0 Å². The van der Waals surface area contributed by atoms with Gasteiger partial charge in [-0.1, -0.05) is 364 Å². The molecule has 9 heteroatoms. The minimum Gasteiger partial charge on any atom is -0.477 e. The smallest absolute Gasteiger partial charge is 0.361 e. The lowest BCUT2D eigenvalue weighted by atomic mass is 10.0. The standard InChI is InChI=1S/C92H155NO8/c1-6-8-10-12-14-16-18-20-22-24-26-28-30-32-34-36-38-40-42-44-45-47-48-50-52-54-56-58-60-62-64-66-68-70-72-74-76-78-80-82-89(94)99-86-88(87-100-92(91(96)97)98-85-84-93(3,4)5)101-90(95)83-81-79-77-75-73-71-69-67-65-63-61-59-57-55-53-51-49-46-43-41-39-37-35-33-31-29-27-25-23-21-19-17-15-13-11-9-7-2/h9,11,15,17-18,20-21,23-24,26-27,29,33,35,39,41,46,49,53,55,59,61,65,67,71,73,88,92H,6-8,10,12-14,16,19,22,25,28,30-32,34,36-38,40,42-45,47-48,50-52,54,56-58,60,62-64,66,68-70,72,74-87H2,1-5H3/p+1/b11-9-,17-15-,20-18-,23-21-,26-24-,29-27-,35-33-,41-39-,49-46-,55-53-,61-59-,67-65-,73-71-. The molecule has 0 aliphatic carbocycles. The lowest BCUT2D eigenvalue weighted by Gasteiger charge is -2.25. The highest BCUT2D eigenvalue weighted by molar-refractivity contribution is 5.71. The Morgan fingerprint density at radius 1 is 0.307 bits per heavy atom. The second-order valence-corrected chi connectivity index (χ2v) is 28.7. The summed E-state index contributed by atoms with van der Waals surface area (Å²) in [6.07, 6.45) is 117. The molecule has 101 heavy (non-hydrogen) atoms. The molecule has 0 radical (unpaired) electrons. The fraction of sp³-hybridized carbons (Fsp3) is 0.685. The Balaban J connectivity index is 4.09. The van der Waals surface area contributed by atoms with Gasteiger partial charge in [0.1, 0.15) is 13.2 Å². The Hall–Kier alpha value is -5.09. The molecule has 2 atom stereocenters. The molecule has 1 N–H and O–H groups in total. The molecule has 0 bridgehead atoms. The fourth-order valence-corrected chi connectivity index (χ4v) is 11.5. The summed E-state index contributed by atoms with van der Waals surface area (Å²) in [5.41, 5.74) is 0. The Kier molecular flexibility index (Phi) is 76.5. The predicted molar refractivity (Wildman–Crippen MR) is 437 cm³/mol. The van der Waals surface area contributed by atoms with Gasteiger partial charge in [0, 0.05) is 12.8 Å². The van der Waals surface area contributed by atoms with Gasteiger partial charge in [-0.15, -0.1) is 0 Å². The highest BCUT2D eigenvalue weighted by Gasteiger charge is 2.25. The molecule has 0 heterocycles. The van der Waals surface area contributed by atoms with Crippen LogP contribution in [0.5, 0.6) is 0 Å². The minimum atomic E-state index is -1.53. The van der Waals surface area contributed by atoms with Crippen LogP contribution in [0.4, 0.5) is 0 Å². The second-order valence-electron chi connectivity index (χ2n) is 28.7. The molecular formula is C92H156NO8+. The van der Waals surface area contributed by atoms with Gasteiger partial charge in [-0.3, -0.25) is 9.59 Å². The number of unbranched alkanes of at least 4 members (excludes halogenated alkanes) is 35. The predicted octanol–water partition coefficient (Wildman–Crippen LogP) is 27.1. The molecule has 0 aliphatic heterocycles. The average molecular weight is 1400 g/mol. The summed E-state index contributed by atoms with van der Waals surface area (Å²) in [6, 6.07) is 0. The number of esters is 2.